The molecule has 2 aliphatic heterocycles. The minimum absolute atomic E-state index is 0.0142. The van der Waals surface area contributed by atoms with Gasteiger partial charge in [-0.3, -0.25) is 19.3 Å². The van der Waals surface area contributed by atoms with Gasteiger partial charge in [0.15, 0.2) is 0 Å². The van der Waals surface area contributed by atoms with E-state index in [1.807, 2.05) is 13.8 Å². The molecule has 0 aliphatic carbocycles. The van der Waals surface area contributed by atoms with E-state index < -0.39 is 29.6 Å². The van der Waals surface area contributed by atoms with E-state index in [1.165, 1.54) is 13.0 Å². The second kappa shape index (κ2) is 6.32. The Balaban J connectivity index is 0.000000924. The average molecular weight is 318 g/mol. The minimum atomic E-state index is -0.869. The van der Waals surface area contributed by atoms with Crippen LogP contribution >= 0.6 is 0 Å². The first-order chi connectivity index (χ1) is 10.9. The average Bonchev–Trinajstić information content (AvgIpc) is 2.74. The summed E-state index contributed by atoms with van der Waals surface area (Å²) in [6.45, 7) is 9.18. The number of allylic oxidation sites excluding steroid dienone is 1. The van der Waals surface area contributed by atoms with E-state index in [0.29, 0.717) is 24.1 Å². The molecular weight excluding hydrogens is 299 g/mol. The first-order valence-corrected chi connectivity index (χ1v) is 7.57. The Morgan fingerprint density at radius 3 is 2.30 bits per heavy atom. The molecule has 0 bridgehead atoms. The molecule has 1 aromatic rings. The van der Waals surface area contributed by atoms with E-state index in [2.05, 4.69) is 11.9 Å². The van der Waals surface area contributed by atoms with E-state index >= 15 is 0 Å². The highest BCUT2D eigenvalue weighted by atomic mass is 19.1. The van der Waals surface area contributed by atoms with Crippen LogP contribution in [-0.2, 0) is 4.79 Å². The Bertz CT molecular complexity index is 671. The lowest BCUT2D eigenvalue weighted by molar-refractivity contribution is -0.125. The summed E-state index contributed by atoms with van der Waals surface area (Å²) in [7, 11) is 0. The number of nitrogens with zero attached hydrogens (tertiary/aromatic N) is 1. The Labute approximate surface area is 134 Å². The van der Waals surface area contributed by atoms with Crippen LogP contribution in [0.5, 0.6) is 0 Å². The molecule has 5 nitrogen and oxygen atoms in total. The van der Waals surface area contributed by atoms with Gasteiger partial charge in [0.1, 0.15) is 11.9 Å². The molecule has 0 saturated carbocycles. The lowest BCUT2D eigenvalue weighted by atomic mass is 10.0. The summed E-state index contributed by atoms with van der Waals surface area (Å²) < 4.78 is 13.6. The molecular formula is C17H19FN2O3. The quantitative estimate of drug-likeness (QED) is 0.809. The van der Waals surface area contributed by atoms with Gasteiger partial charge >= 0.3 is 0 Å². The molecule has 0 aromatic heterocycles. The van der Waals surface area contributed by atoms with Crippen LogP contribution in [0.15, 0.2) is 24.4 Å². The maximum Gasteiger partial charge on any atom is 0.262 e. The Kier molecular flexibility index (Phi) is 4.63. The number of nitrogens with one attached hydrogen (secondary N) is 1. The van der Waals surface area contributed by atoms with Crippen molar-refractivity contribution in [3.8, 4) is 0 Å². The van der Waals surface area contributed by atoms with Crippen LogP contribution in [0.3, 0.4) is 0 Å². The predicted molar refractivity (Wildman–Crippen MR) is 83.3 cm³/mol. The lowest BCUT2D eigenvalue weighted by Crippen LogP contribution is -2.51. The summed E-state index contributed by atoms with van der Waals surface area (Å²) in [5.41, 5.74) is 1.02. The van der Waals surface area contributed by atoms with Gasteiger partial charge in [-0.05, 0) is 37.5 Å². The molecule has 2 heterocycles. The maximum atomic E-state index is 13.6. The highest BCUT2D eigenvalue weighted by molar-refractivity contribution is 6.23. The van der Waals surface area contributed by atoms with Crippen molar-refractivity contribution < 1.29 is 18.8 Å². The Hall–Kier alpha value is -2.50. The fraction of sp³-hybridized carbons (Fsp3) is 0.353. The van der Waals surface area contributed by atoms with Crippen LogP contribution in [0.4, 0.5) is 4.39 Å². The summed E-state index contributed by atoms with van der Waals surface area (Å²) in [6, 6.07) is 1.54. The van der Waals surface area contributed by atoms with Gasteiger partial charge in [-0.1, -0.05) is 20.4 Å². The fourth-order valence-corrected chi connectivity index (χ4v) is 2.68. The smallest absolute Gasteiger partial charge is 0.262 e. The third-order valence-corrected chi connectivity index (χ3v) is 3.83. The Morgan fingerprint density at radius 2 is 1.74 bits per heavy atom. The zero-order valence-electron chi connectivity index (χ0n) is 13.4. The molecule has 0 radical (unpaired) electrons. The molecule has 23 heavy (non-hydrogen) atoms. The van der Waals surface area contributed by atoms with Gasteiger partial charge in [-0.15, -0.1) is 0 Å². The minimum Gasteiger partial charge on any atom is -0.329 e. The number of carbonyl (C=O) groups excluding carboxylic acids is 3. The van der Waals surface area contributed by atoms with E-state index in [-0.39, 0.29) is 11.1 Å². The van der Waals surface area contributed by atoms with Gasteiger partial charge < -0.3 is 5.32 Å². The molecule has 0 spiro atoms. The molecule has 1 aromatic carbocycles. The van der Waals surface area contributed by atoms with Crippen LogP contribution in [0.2, 0.25) is 0 Å². The first-order valence-electron chi connectivity index (χ1n) is 7.57. The number of piperidine rings is 1. The largest absolute Gasteiger partial charge is 0.329 e. The van der Waals surface area contributed by atoms with E-state index in [1.54, 1.807) is 0 Å². The molecule has 2 aliphatic rings. The van der Waals surface area contributed by atoms with Gasteiger partial charge in [0.2, 0.25) is 5.91 Å². The van der Waals surface area contributed by atoms with Gasteiger partial charge in [0.25, 0.3) is 11.8 Å². The van der Waals surface area contributed by atoms with Crippen LogP contribution in [0.1, 0.15) is 53.0 Å². The van der Waals surface area contributed by atoms with Crippen molar-refractivity contribution in [3.63, 3.8) is 0 Å². The van der Waals surface area contributed by atoms with Gasteiger partial charge in [0, 0.05) is 5.70 Å². The van der Waals surface area contributed by atoms with Crippen molar-refractivity contribution in [3.05, 3.63) is 46.9 Å². The number of hydrogen-bond acceptors (Lipinski definition) is 3. The molecule has 3 rings (SSSR count). The third kappa shape index (κ3) is 2.76. The van der Waals surface area contributed by atoms with Crippen LogP contribution in [0.25, 0.3) is 0 Å². The number of imide groups is 1. The number of aryl methyl sites for hydroxylation is 1. The first kappa shape index (κ1) is 16.9. The maximum absolute atomic E-state index is 13.6. The van der Waals surface area contributed by atoms with Crippen LogP contribution in [0, 0.1) is 12.7 Å². The molecule has 6 heteroatoms. The SMILES string of the molecule is C=C1CCC(N2C(=O)c3cc(C)c(F)cc3C2=O)C(=O)N1.CC. The second-order valence-electron chi connectivity index (χ2n) is 5.27. The van der Waals surface area contributed by atoms with Crippen LogP contribution < -0.4 is 5.32 Å². The van der Waals surface area contributed by atoms with E-state index in [9.17, 15) is 18.8 Å². The van der Waals surface area contributed by atoms with Crippen molar-refractivity contribution in [2.24, 2.45) is 0 Å². The van der Waals surface area contributed by atoms with Gasteiger partial charge in [-0.2, -0.15) is 0 Å². The number of amides is 3. The molecule has 1 unspecified atom stereocenters. The molecule has 1 atom stereocenters. The zero-order chi connectivity index (χ0) is 17.3. The third-order valence-electron chi connectivity index (χ3n) is 3.83. The van der Waals surface area contributed by atoms with Crippen molar-refractivity contribution >= 4 is 17.7 Å². The molecule has 3 amide bonds. The summed E-state index contributed by atoms with van der Waals surface area (Å²) in [5.74, 6) is -2.15. The lowest BCUT2D eigenvalue weighted by Gasteiger charge is -2.29. The monoisotopic (exact) mass is 318 g/mol. The summed E-state index contributed by atoms with van der Waals surface area (Å²) in [4.78, 5) is 37.6. The summed E-state index contributed by atoms with van der Waals surface area (Å²) in [6.07, 6.45) is 0.828. The zero-order valence-corrected chi connectivity index (χ0v) is 13.4. The van der Waals surface area contributed by atoms with Crippen molar-refractivity contribution in [2.45, 2.75) is 39.7 Å². The number of benzene rings is 1. The molecule has 1 saturated heterocycles. The highest BCUT2D eigenvalue weighted by Gasteiger charge is 2.44. The standard InChI is InChI=1S/C15H13FN2O3.C2H6/c1-7-5-9-10(6-11(7)16)15(21)18(14(9)20)12-4-3-8(2)17-13(12)19;1-2/h5-6,12H,2-4H2,1H3,(H,17,19);1-2H3. The van der Waals surface area contributed by atoms with Crippen molar-refractivity contribution in [1.82, 2.24) is 10.2 Å². The van der Waals surface area contributed by atoms with Gasteiger partial charge in [0.05, 0.1) is 11.1 Å². The van der Waals surface area contributed by atoms with Crippen molar-refractivity contribution in [2.75, 3.05) is 0 Å². The molecule has 1 fully saturated rings. The second-order valence-corrected chi connectivity index (χ2v) is 5.27. The summed E-state index contributed by atoms with van der Waals surface area (Å²) >= 11 is 0. The summed E-state index contributed by atoms with van der Waals surface area (Å²) in [5, 5.41) is 2.54. The number of halogens is 1. The number of hydrogen-bond donors (Lipinski definition) is 1. The molecule has 122 valence electrons. The predicted octanol–water partition coefficient (Wildman–Crippen LogP) is 2.55. The van der Waals surface area contributed by atoms with Crippen LogP contribution in [-0.4, -0.2) is 28.7 Å². The molecule has 1 N–H and O–H groups in total. The normalized spacial score (nSPS) is 20.0. The number of rotatable bonds is 1. The number of carbonyl (C=O) groups is 3. The topological polar surface area (TPSA) is 66.5 Å². The fourth-order valence-electron chi connectivity index (χ4n) is 2.68. The van der Waals surface area contributed by atoms with E-state index in [0.717, 1.165) is 11.0 Å². The van der Waals surface area contributed by atoms with E-state index in [4.69, 9.17) is 0 Å². The van der Waals surface area contributed by atoms with Crippen molar-refractivity contribution in [1.29, 1.82) is 0 Å². The Morgan fingerprint density at radius 1 is 1.17 bits per heavy atom. The highest BCUT2D eigenvalue weighted by Crippen LogP contribution is 2.29. The van der Waals surface area contributed by atoms with Gasteiger partial charge in [-0.25, -0.2) is 4.39 Å². The number of fused-ring (bicyclic) bond motifs is 1.